The number of ether oxygens (including phenoxy) is 1. The lowest BCUT2D eigenvalue weighted by atomic mass is 10.3. The van der Waals surface area contributed by atoms with Crippen LogP contribution in [0.25, 0.3) is 0 Å². The number of halogens is 2. The molecule has 0 saturated heterocycles. The van der Waals surface area contributed by atoms with Gasteiger partial charge < -0.3 is 10.1 Å². The summed E-state index contributed by atoms with van der Waals surface area (Å²) in [5.41, 5.74) is 0.203. The molecule has 1 heterocycles. The molecule has 0 spiro atoms. The van der Waals surface area contributed by atoms with Crippen LogP contribution in [0.2, 0.25) is 0 Å². The van der Waals surface area contributed by atoms with E-state index in [0.717, 1.165) is 4.68 Å². The second kappa shape index (κ2) is 6.86. The van der Waals surface area contributed by atoms with Gasteiger partial charge in [0, 0.05) is 11.8 Å². The first kappa shape index (κ1) is 15.7. The minimum atomic E-state index is -0.384. The molecule has 6 nitrogen and oxygen atoms in total. The molecule has 0 aliphatic heterocycles. The molecule has 1 N–H and O–H groups in total. The molecule has 21 heavy (non-hydrogen) atoms. The summed E-state index contributed by atoms with van der Waals surface area (Å²) in [7, 11) is 1.55. The van der Waals surface area contributed by atoms with Gasteiger partial charge in [0.15, 0.2) is 0 Å². The van der Waals surface area contributed by atoms with Gasteiger partial charge in [-0.3, -0.25) is 9.59 Å². The van der Waals surface area contributed by atoms with E-state index < -0.39 is 0 Å². The lowest BCUT2D eigenvalue weighted by Crippen LogP contribution is -2.30. The minimum absolute atomic E-state index is 0.179. The van der Waals surface area contributed by atoms with Crippen LogP contribution in [0.1, 0.15) is 0 Å². The standard InChI is InChI=1S/C13H11Br2N3O3/c1-21-9-4-2-3-8(5-9)17-11(19)7-18-13(20)12(15)10(14)6-16-18/h2-6H,7H2,1H3,(H,17,19). The lowest BCUT2D eigenvalue weighted by Gasteiger charge is -2.08. The third kappa shape index (κ3) is 3.92. The summed E-state index contributed by atoms with van der Waals surface area (Å²) < 4.78 is 7.01. The summed E-state index contributed by atoms with van der Waals surface area (Å²) in [6, 6.07) is 6.95. The maximum absolute atomic E-state index is 12.0. The number of carbonyl (C=O) groups excluding carboxylic acids is 1. The van der Waals surface area contributed by atoms with E-state index in [4.69, 9.17) is 4.74 Å². The van der Waals surface area contributed by atoms with E-state index in [9.17, 15) is 9.59 Å². The van der Waals surface area contributed by atoms with E-state index in [0.29, 0.717) is 20.4 Å². The molecule has 1 amide bonds. The van der Waals surface area contributed by atoms with Crippen LogP contribution < -0.4 is 15.6 Å². The number of anilines is 1. The van der Waals surface area contributed by atoms with Crippen LogP contribution in [0, 0.1) is 0 Å². The predicted octanol–water partition coefficient (Wildman–Crippen LogP) is 2.42. The highest BCUT2D eigenvalue weighted by Gasteiger charge is 2.10. The first-order valence-corrected chi connectivity index (χ1v) is 7.45. The maximum atomic E-state index is 12.0. The van der Waals surface area contributed by atoms with Crippen molar-refractivity contribution in [2.45, 2.75) is 6.54 Å². The van der Waals surface area contributed by atoms with Crippen LogP contribution in [0.4, 0.5) is 5.69 Å². The Morgan fingerprint density at radius 1 is 1.43 bits per heavy atom. The van der Waals surface area contributed by atoms with Crippen molar-refractivity contribution in [3.8, 4) is 5.75 Å². The van der Waals surface area contributed by atoms with Crippen LogP contribution in [0.3, 0.4) is 0 Å². The largest absolute Gasteiger partial charge is 0.497 e. The Morgan fingerprint density at radius 3 is 2.90 bits per heavy atom. The molecule has 8 heteroatoms. The van der Waals surface area contributed by atoms with Crippen molar-refractivity contribution in [2.75, 3.05) is 12.4 Å². The fraction of sp³-hybridized carbons (Fsp3) is 0.154. The topological polar surface area (TPSA) is 73.2 Å². The Kier molecular flexibility index (Phi) is 5.13. The van der Waals surface area contributed by atoms with Crippen molar-refractivity contribution in [1.29, 1.82) is 0 Å². The number of aromatic nitrogens is 2. The van der Waals surface area contributed by atoms with E-state index in [1.54, 1.807) is 31.4 Å². The first-order valence-electron chi connectivity index (χ1n) is 5.86. The lowest BCUT2D eigenvalue weighted by molar-refractivity contribution is -0.117. The summed E-state index contributed by atoms with van der Waals surface area (Å²) in [6.45, 7) is -0.179. The third-order valence-electron chi connectivity index (χ3n) is 2.59. The number of amides is 1. The molecule has 0 radical (unpaired) electrons. The minimum Gasteiger partial charge on any atom is -0.497 e. The van der Waals surface area contributed by atoms with Crippen molar-refractivity contribution in [3.05, 3.63) is 49.8 Å². The Balaban J connectivity index is 2.12. The van der Waals surface area contributed by atoms with Gasteiger partial charge >= 0.3 is 0 Å². The number of methoxy groups -OCH3 is 1. The zero-order valence-corrected chi connectivity index (χ0v) is 14.1. The van der Waals surface area contributed by atoms with Gasteiger partial charge in [-0.1, -0.05) is 6.07 Å². The van der Waals surface area contributed by atoms with Crippen molar-refractivity contribution in [1.82, 2.24) is 9.78 Å². The monoisotopic (exact) mass is 415 g/mol. The van der Waals surface area contributed by atoms with Crippen molar-refractivity contribution in [2.24, 2.45) is 0 Å². The Morgan fingerprint density at radius 2 is 2.19 bits per heavy atom. The molecule has 0 unspecified atom stereocenters. The average Bonchev–Trinajstić information content (AvgIpc) is 2.48. The molecule has 0 saturated carbocycles. The normalized spacial score (nSPS) is 10.2. The van der Waals surface area contributed by atoms with E-state index in [2.05, 4.69) is 42.3 Å². The Labute approximate surface area is 137 Å². The summed E-state index contributed by atoms with van der Waals surface area (Å²) in [4.78, 5) is 23.9. The van der Waals surface area contributed by atoms with Gasteiger partial charge in [-0.15, -0.1) is 0 Å². The zero-order chi connectivity index (χ0) is 15.4. The van der Waals surface area contributed by atoms with Crippen LogP contribution in [0.5, 0.6) is 5.75 Å². The number of hydrogen-bond donors (Lipinski definition) is 1. The molecule has 0 atom stereocenters. The summed E-state index contributed by atoms with van der Waals surface area (Å²) >= 11 is 6.32. The van der Waals surface area contributed by atoms with Crippen LogP contribution in [-0.2, 0) is 11.3 Å². The zero-order valence-electron chi connectivity index (χ0n) is 11.0. The number of rotatable bonds is 4. The van der Waals surface area contributed by atoms with E-state index in [1.165, 1.54) is 6.20 Å². The molecule has 110 valence electrons. The highest BCUT2D eigenvalue weighted by Crippen LogP contribution is 2.17. The van der Waals surface area contributed by atoms with Gasteiger partial charge in [0.25, 0.3) is 5.56 Å². The number of nitrogens with one attached hydrogen (secondary N) is 1. The van der Waals surface area contributed by atoms with Gasteiger partial charge in [0.2, 0.25) is 5.91 Å². The van der Waals surface area contributed by atoms with Crippen molar-refractivity contribution < 1.29 is 9.53 Å². The molecule has 2 rings (SSSR count). The summed E-state index contributed by atoms with van der Waals surface area (Å²) in [5, 5.41) is 6.58. The van der Waals surface area contributed by atoms with E-state index in [-0.39, 0.29) is 18.0 Å². The molecule has 2 aromatic rings. The SMILES string of the molecule is COc1cccc(NC(=O)Cn2ncc(Br)c(Br)c2=O)c1. The number of hydrogen-bond acceptors (Lipinski definition) is 4. The third-order valence-corrected chi connectivity index (χ3v) is 4.49. The number of carbonyl (C=O) groups is 1. The van der Waals surface area contributed by atoms with Crippen molar-refractivity contribution in [3.63, 3.8) is 0 Å². The molecular weight excluding hydrogens is 406 g/mol. The fourth-order valence-corrected chi connectivity index (χ4v) is 2.16. The quantitative estimate of drug-likeness (QED) is 0.830. The molecular formula is C13H11Br2N3O3. The van der Waals surface area contributed by atoms with Gasteiger partial charge in [-0.2, -0.15) is 5.10 Å². The maximum Gasteiger partial charge on any atom is 0.282 e. The molecule has 0 fully saturated rings. The molecule has 0 bridgehead atoms. The van der Waals surface area contributed by atoms with E-state index in [1.807, 2.05) is 0 Å². The van der Waals surface area contributed by atoms with Crippen LogP contribution >= 0.6 is 31.9 Å². The first-order chi connectivity index (χ1) is 10.0. The smallest absolute Gasteiger partial charge is 0.282 e. The van der Waals surface area contributed by atoms with Gasteiger partial charge in [0.05, 0.1) is 17.8 Å². The molecule has 1 aromatic carbocycles. The summed E-state index contributed by atoms with van der Waals surface area (Å²) in [6.07, 6.45) is 1.45. The van der Waals surface area contributed by atoms with E-state index >= 15 is 0 Å². The second-order valence-electron chi connectivity index (χ2n) is 4.05. The fourth-order valence-electron chi connectivity index (χ4n) is 1.59. The van der Waals surface area contributed by atoms with Crippen LogP contribution in [0.15, 0.2) is 44.2 Å². The van der Waals surface area contributed by atoms with Crippen LogP contribution in [-0.4, -0.2) is 22.8 Å². The van der Waals surface area contributed by atoms with Gasteiger partial charge in [0.1, 0.15) is 16.8 Å². The van der Waals surface area contributed by atoms with Gasteiger partial charge in [-0.05, 0) is 44.0 Å². The molecule has 0 aliphatic carbocycles. The molecule has 1 aromatic heterocycles. The molecule has 0 aliphatic rings. The van der Waals surface area contributed by atoms with Gasteiger partial charge in [-0.25, -0.2) is 4.68 Å². The highest BCUT2D eigenvalue weighted by molar-refractivity contribution is 9.13. The Bertz CT molecular complexity index is 731. The summed E-state index contributed by atoms with van der Waals surface area (Å²) in [5.74, 6) is 0.279. The second-order valence-corrected chi connectivity index (χ2v) is 5.70. The highest BCUT2D eigenvalue weighted by atomic mass is 79.9. The average molecular weight is 417 g/mol. The Hall–Kier alpha value is -1.67. The predicted molar refractivity (Wildman–Crippen MR) is 85.5 cm³/mol. The number of nitrogens with zero attached hydrogens (tertiary/aromatic N) is 2. The number of benzene rings is 1. The van der Waals surface area contributed by atoms with Crippen molar-refractivity contribution >= 4 is 43.5 Å².